The van der Waals surface area contributed by atoms with Crippen LogP contribution < -0.4 is 5.73 Å². The summed E-state index contributed by atoms with van der Waals surface area (Å²) < 4.78 is 14.7. The Morgan fingerprint density at radius 1 is 0.778 bits per heavy atom. The predicted molar refractivity (Wildman–Crippen MR) is 113 cm³/mol. The first-order valence-electron chi connectivity index (χ1n) is 7.75. The molecule has 2 N–H and O–H groups in total. The van der Waals surface area contributed by atoms with E-state index in [0.717, 1.165) is 5.56 Å². The Hall–Kier alpha value is -2.94. The van der Waals surface area contributed by atoms with Gasteiger partial charge < -0.3 is 5.73 Å². The molecule has 0 aliphatic carbocycles. The number of hydrogen-bond acceptors (Lipinski definition) is 1. The fourth-order valence-electron chi connectivity index (χ4n) is 3.31. The van der Waals surface area contributed by atoms with E-state index >= 15 is 0 Å². The van der Waals surface area contributed by atoms with Gasteiger partial charge in [-0.15, -0.1) is 0 Å². The zero-order chi connectivity index (χ0) is 17.2. The van der Waals surface area contributed by atoms with Gasteiger partial charge in [0.25, 0.3) is 0 Å². The molecule has 1 amide bonds. The van der Waals surface area contributed by atoms with Crippen molar-refractivity contribution in [2.45, 2.75) is 34.6 Å². The first-order valence-corrected chi connectivity index (χ1v) is 7.75. The van der Waals surface area contributed by atoms with Crippen molar-refractivity contribution in [3.63, 3.8) is 0 Å². The summed E-state index contributed by atoms with van der Waals surface area (Å²) >= 11 is 0. The number of amides is 1. The number of benzene rings is 3. The lowest BCUT2D eigenvalue weighted by atomic mass is 9.67. The molecule has 0 saturated carbocycles. The Labute approximate surface area is 162 Å². The van der Waals surface area contributed by atoms with Crippen LogP contribution in [0.5, 0.6) is 0 Å². The summed E-state index contributed by atoms with van der Waals surface area (Å²) in [4.78, 5) is 12.8. The van der Waals surface area contributed by atoms with E-state index in [1.807, 2.05) is 61.5 Å². The minimum absolute atomic E-state index is 0. The summed E-state index contributed by atoms with van der Waals surface area (Å²) in [5.41, 5.74) is 7.00. The largest absolute Gasteiger partial charge is 0.368 e. The van der Waals surface area contributed by atoms with Crippen LogP contribution in [0.15, 0.2) is 78.9 Å². The van der Waals surface area contributed by atoms with E-state index in [2.05, 4.69) is 0 Å². The van der Waals surface area contributed by atoms with Gasteiger partial charge in [0.2, 0.25) is 5.91 Å². The Morgan fingerprint density at radius 2 is 1.26 bits per heavy atom. The monoisotopic (exact) mass is 367 g/mol. The van der Waals surface area contributed by atoms with Crippen LogP contribution in [0.4, 0.5) is 4.39 Å². The van der Waals surface area contributed by atoms with Crippen LogP contribution in [0, 0.1) is 12.7 Å². The molecule has 0 spiro atoms. The van der Waals surface area contributed by atoms with Crippen molar-refractivity contribution >= 4 is 5.91 Å². The fourth-order valence-corrected chi connectivity index (χ4v) is 3.31. The summed E-state index contributed by atoms with van der Waals surface area (Å²) in [6, 6.07) is 22.9. The van der Waals surface area contributed by atoms with Crippen LogP contribution in [0.3, 0.4) is 0 Å². The van der Waals surface area contributed by atoms with Crippen LogP contribution in [-0.4, -0.2) is 5.91 Å². The number of primary amides is 1. The zero-order valence-electron chi connectivity index (χ0n) is 13.4. The molecule has 0 aromatic heterocycles. The second kappa shape index (κ2) is 9.67. The van der Waals surface area contributed by atoms with Crippen LogP contribution in [0.2, 0.25) is 0 Å². The maximum absolute atomic E-state index is 14.7. The average molecular weight is 368 g/mol. The Morgan fingerprint density at radius 3 is 1.78 bits per heavy atom. The molecule has 0 radical (unpaired) electrons. The molecule has 3 heteroatoms. The van der Waals surface area contributed by atoms with Gasteiger partial charge in [0.05, 0.1) is 0 Å². The molecule has 3 rings (SSSR count). The Kier molecular flexibility index (Phi) is 8.62. The lowest BCUT2D eigenvalue weighted by Gasteiger charge is -2.34. The van der Waals surface area contributed by atoms with E-state index < -0.39 is 17.1 Å². The van der Waals surface area contributed by atoms with Gasteiger partial charge in [-0.2, -0.15) is 0 Å². The van der Waals surface area contributed by atoms with Crippen LogP contribution in [-0.2, 0) is 10.2 Å². The fraction of sp³-hybridized carbons (Fsp3) is 0.208. The van der Waals surface area contributed by atoms with E-state index in [1.54, 1.807) is 18.2 Å². The summed E-state index contributed by atoms with van der Waals surface area (Å²) in [5.74, 6) is -1.06. The molecule has 2 nitrogen and oxygen atoms in total. The minimum Gasteiger partial charge on any atom is -0.368 e. The smallest absolute Gasteiger partial charge is 0.237 e. The lowest BCUT2D eigenvalue weighted by molar-refractivity contribution is -0.121. The van der Waals surface area contributed by atoms with Crippen molar-refractivity contribution in [2.75, 3.05) is 0 Å². The number of carbonyl (C=O) groups is 1. The molecule has 27 heavy (non-hydrogen) atoms. The van der Waals surface area contributed by atoms with Gasteiger partial charge in [0, 0.05) is 5.56 Å². The standard InChI is InChI=1S/C21H18FNO.3CH4/c1-15-9-5-6-12-17(15)21(20(23)24,16-10-3-2-4-11-16)18-13-7-8-14-19(18)22;;;/h2-14H,1H3,(H2,23,24);3*1H4. The molecule has 0 aliphatic rings. The highest BCUT2D eigenvalue weighted by molar-refractivity contribution is 5.95. The number of halogens is 1. The van der Waals surface area contributed by atoms with E-state index in [0.29, 0.717) is 11.1 Å². The lowest BCUT2D eigenvalue weighted by Crippen LogP contribution is -2.44. The van der Waals surface area contributed by atoms with E-state index in [1.165, 1.54) is 6.07 Å². The molecule has 0 aliphatic heterocycles. The molecular weight excluding hydrogens is 337 g/mol. The SMILES string of the molecule is C.C.C.Cc1ccccc1C(C(N)=O)(c1ccccc1)c1ccccc1F. The molecule has 0 saturated heterocycles. The molecule has 3 aromatic carbocycles. The van der Waals surface area contributed by atoms with E-state index in [4.69, 9.17) is 5.73 Å². The van der Waals surface area contributed by atoms with Gasteiger partial charge in [-0.3, -0.25) is 4.79 Å². The Bertz CT molecular complexity index is 829. The highest BCUT2D eigenvalue weighted by Crippen LogP contribution is 2.41. The second-order valence-corrected chi connectivity index (χ2v) is 5.78. The highest BCUT2D eigenvalue weighted by Gasteiger charge is 2.44. The van der Waals surface area contributed by atoms with Crippen LogP contribution in [0.25, 0.3) is 0 Å². The van der Waals surface area contributed by atoms with Crippen molar-refractivity contribution in [3.05, 3.63) is 107 Å². The van der Waals surface area contributed by atoms with Crippen molar-refractivity contribution < 1.29 is 9.18 Å². The van der Waals surface area contributed by atoms with Crippen LogP contribution >= 0.6 is 0 Å². The third kappa shape index (κ3) is 3.92. The zero-order valence-corrected chi connectivity index (χ0v) is 13.4. The van der Waals surface area contributed by atoms with Gasteiger partial charge in [0.15, 0.2) is 0 Å². The molecule has 3 aromatic rings. The quantitative estimate of drug-likeness (QED) is 0.576. The van der Waals surface area contributed by atoms with E-state index in [-0.39, 0.29) is 27.8 Å². The van der Waals surface area contributed by atoms with E-state index in [9.17, 15) is 9.18 Å². The third-order valence-electron chi connectivity index (χ3n) is 4.40. The van der Waals surface area contributed by atoms with Crippen molar-refractivity contribution in [1.29, 1.82) is 0 Å². The predicted octanol–water partition coefficient (Wildman–Crippen LogP) is 5.86. The summed E-state index contributed by atoms with van der Waals surface area (Å²) in [5, 5.41) is 0. The Balaban J connectivity index is 0.00000225. The van der Waals surface area contributed by atoms with Gasteiger partial charge in [-0.05, 0) is 29.7 Å². The molecule has 144 valence electrons. The number of aryl methyl sites for hydroxylation is 1. The first-order chi connectivity index (χ1) is 11.6. The molecule has 1 atom stereocenters. The third-order valence-corrected chi connectivity index (χ3v) is 4.40. The number of carbonyl (C=O) groups excluding carboxylic acids is 1. The van der Waals surface area contributed by atoms with Crippen molar-refractivity contribution in [3.8, 4) is 0 Å². The molecule has 0 fully saturated rings. The molecule has 0 heterocycles. The number of rotatable bonds is 4. The van der Waals surface area contributed by atoms with Gasteiger partial charge in [-0.1, -0.05) is 95.1 Å². The highest BCUT2D eigenvalue weighted by atomic mass is 19.1. The molecular formula is C24H30FNO. The maximum Gasteiger partial charge on any atom is 0.237 e. The second-order valence-electron chi connectivity index (χ2n) is 5.78. The van der Waals surface area contributed by atoms with Crippen LogP contribution in [0.1, 0.15) is 44.5 Å². The van der Waals surface area contributed by atoms with Crippen molar-refractivity contribution in [1.82, 2.24) is 0 Å². The number of nitrogens with two attached hydrogens (primary N) is 1. The molecule has 0 bridgehead atoms. The maximum atomic E-state index is 14.7. The summed E-state index contributed by atoms with van der Waals surface area (Å²) in [7, 11) is 0. The first kappa shape index (κ1) is 24.1. The van der Waals surface area contributed by atoms with Crippen molar-refractivity contribution in [2.24, 2.45) is 5.73 Å². The summed E-state index contributed by atoms with van der Waals surface area (Å²) in [6.45, 7) is 1.90. The normalized spacial score (nSPS) is 11.8. The average Bonchev–Trinajstić information content (AvgIpc) is 2.59. The van der Waals surface area contributed by atoms with Gasteiger partial charge >= 0.3 is 0 Å². The topological polar surface area (TPSA) is 43.1 Å². The van der Waals surface area contributed by atoms with Gasteiger partial charge in [-0.25, -0.2) is 4.39 Å². The molecule has 1 unspecified atom stereocenters. The number of hydrogen-bond donors (Lipinski definition) is 1. The minimum atomic E-state index is -1.38. The van der Waals surface area contributed by atoms with Gasteiger partial charge in [0.1, 0.15) is 11.2 Å². The summed E-state index contributed by atoms with van der Waals surface area (Å²) in [6.07, 6.45) is 0.